The SMILES string of the molecule is Fc1[c]cccc1N(c1ccccc1F)c1ccccc1F. The van der Waals surface area contributed by atoms with Crippen molar-refractivity contribution in [2.45, 2.75) is 0 Å². The van der Waals surface area contributed by atoms with Crippen molar-refractivity contribution in [3.8, 4) is 0 Å². The van der Waals surface area contributed by atoms with Crippen molar-refractivity contribution in [1.82, 2.24) is 0 Å². The molecule has 3 aromatic carbocycles. The molecule has 109 valence electrons. The summed E-state index contributed by atoms with van der Waals surface area (Å²) in [6.07, 6.45) is 0. The number of halogens is 3. The van der Waals surface area contributed by atoms with Gasteiger partial charge in [-0.15, -0.1) is 0 Å². The molecular weight excluding hydrogens is 287 g/mol. The Bertz CT molecular complexity index is 693. The molecule has 0 N–H and O–H groups in total. The summed E-state index contributed by atoms with van der Waals surface area (Å²) < 4.78 is 42.5. The first-order valence-electron chi connectivity index (χ1n) is 6.64. The van der Waals surface area contributed by atoms with Crippen LogP contribution in [0.5, 0.6) is 0 Å². The maximum atomic E-state index is 14.2. The van der Waals surface area contributed by atoms with Crippen LogP contribution in [-0.4, -0.2) is 0 Å². The van der Waals surface area contributed by atoms with E-state index in [1.807, 2.05) is 0 Å². The Labute approximate surface area is 126 Å². The van der Waals surface area contributed by atoms with Crippen molar-refractivity contribution in [2.24, 2.45) is 0 Å². The maximum absolute atomic E-state index is 14.2. The molecule has 0 unspecified atom stereocenters. The zero-order valence-corrected chi connectivity index (χ0v) is 11.4. The van der Waals surface area contributed by atoms with Crippen molar-refractivity contribution in [2.75, 3.05) is 4.90 Å². The summed E-state index contributed by atoms with van der Waals surface area (Å²) in [5.74, 6) is -1.84. The van der Waals surface area contributed by atoms with Crippen LogP contribution in [0.2, 0.25) is 0 Å². The van der Waals surface area contributed by atoms with Crippen molar-refractivity contribution < 1.29 is 13.2 Å². The first kappa shape index (κ1) is 14.2. The van der Waals surface area contributed by atoms with Gasteiger partial charge >= 0.3 is 0 Å². The van der Waals surface area contributed by atoms with Crippen molar-refractivity contribution >= 4 is 17.1 Å². The maximum Gasteiger partial charge on any atom is 0.155 e. The van der Waals surface area contributed by atoms with Gasteiger partial charge in [0, 0.05) is 6.07 Å². The topological polar surface area (TPSA) is 3.24 Å². The second kappa shape index (κ2) is 5.93. The van der Waals surface area contributed by atoms with E-state index in [0.717, 1.165) is 0 Å². The van der Waals surface area contributed by atoms with Gasteiger partial charge in [0.1, 0.15) is 11.6 Å². The number of hydrogen-bond donors (Lipinski definition) is 0. The summed E-state index contributed by atoms with van der Waals surface area (Å²) in [4.78, 5) is 1.20. The highest BCUT2D eigenvalue weighted by Gasteiger charge is 2.21. The smallest absolute Gasteiger partial charge is 0.155 e. The summed E-state index contributed by atoms with van der Waals surface area (Å²) in [5, 5.41) is 0. The molecule has 3 rings (SSSR count). The molecule has 0 saturated carbocycles. The third-order valence-corrected chi connectivity index (χ3v) is 3.21. The Morgan fingerprint density at radius 3 is 1.64 bits per heavy atom. The number of anilines is 3. The van der Waals surface area contributed by atoms with E-state index in [1.54, 1.807) is 18.2 Å². The zero-order valence-electron chi connectivity index (χ0n) is 11.4. The van der Waals surface area contributed by atoms with Crippen molar-refractivity contribution in [3.05, 3.63) is 90.2 Å². The fourth-order valence-electron chi connectivity index (χ4n) is 2.24. The van der Waals surface area contributed by atoms with Gasteiger partial charge in [-0.2, -0.15) is 0 Å². The Morgan fingerprint density at radius 2 is 1.14 bits per heavy atom. The molecule has 0 aliphatic heterocycles. The van der Waals surface area contributed by atoms with Crippen LogP contribution >= 0.6 is 0 Å². The van der Waals surface area contributed by atoms with E-state index < -0.39 is 17.5 Å². The lowest BCUT2D eigenvalue weighted by Gasteiger charge is -2.26. The third kappa shape index (κ3) is 2.55. The minimum Gasteiger partial charge on any atom is -0.302 e. The third-order valence-electron chi connectivity index (χ3n) is 3.21. The highest BCUT2D eigenvalue weighted by Crippen LogP contribution is 2.38. The van der Waals surface area contributed by atoms with Crippen LogP contribution < -0.4 is 4.90 Å². The first-order chi connectivity index (χ1) is 10.7. The predicted molar refractivity (Wildman–Crippen MR) is 79.8 cm³/mol. The summed E-state index contributed by atoms with van der Waals surface area (Å²) in [7, 11) is 0. The predicted octanol–water partition coefficient (Wildman–Crippen LogP) is 5.37. The molecule has 0 bridgehead atoms. The molecule has 4 heteroatoms. The lowest BCUT2D eigenvalue weighted by Crippen LogP contribution is -2.14. The molecule has 0 fully saturated rings. The van der Waals surface area contributed by atoms with Crippen LogP contribution in [0.1, 0.15) is 0 Å². The standard InChI is InChI=1S/C18H11F3N/c19-13-7-1-4-10-16(13)22(17-11-5-2-8-14(17)20)18-12-6-3-9-15(18)21/h1-8,10-12H. The molecule has 0 aliphatic carbocycles. The Balaban J connectivity index is 2.27. The van der Waals surface area contributed by atoms with Gasteiger partial charge in [0.15, 0.2) is 5.82 Å². The van der Waals surface area contributed by atoms with E-state index in [2.05, 4.69) is 6.07 Å². The molecule has 1 radical (unpaired) electrons. The van der Waals surface area contributed by atoms with Crippen molar-refractivity contribution in [1.29, 1.82) is 0 Å². The minimum atomic E-state index is -0.686. The van der Waals surface area contributed by atoms with Crippen LogP contribution in [0.4, 0.5) is 30.2 Å². The minimum absolute atomic E-state index is 0.0256. The normalized spacial score (nSPS) is 10.5. The number of nitrogens with zero attached hydrogens (tertiary/aromatic N) is 1. The fraction of sp³-hybridized carbons (Fsp3) is 0. The molecule has 0 atom stereocenters. The molecule has 3 aromatic rings. The number of rotatable bonds is 3. The van der Waals surface area contributed by atoms with Crippen LogP contribution in [0.25, 0.3) is 0 Å². The van der Waals surface area contributed by atoms with E-state index in [4.69, 9.17) is 0 Å². The summed E-state index contributed by atoms with van der Waals surface area (Å²) in [6, 6.07) is 18.5. The second-order valence-corrected chi connectivity index (χ2v) is 4.61. The molecule has 0 amide bonds. The van der Waals surface area contributed by atoms with Gasteiger partial charge in [-0.1, -0.05) is 36.4 Å². The molecule has 0 saturated heterocycles. The average Bonchev–Trinajstić information content (AvgIpc) is 2.53. The van der Waals surface area contributed by atoms with E-state index in [-0.39, 0.29) is 17.1 Å². The van der Waals surface area contributed by atoms with E-state index in [9.17, 15) is 13.2 Å². The second-order valence-electron chi connectivity index (χ2n) is 4.61. The average molecular weight is 298 g/mol. The molecular formula is C18H11F3N. The van der Waals surface area contributed by atoms with Crippen LogP contribution in [-0.2, 0) is 0 Å². The van der Waals surface area contributed by atoms with Gasteiger partial charge in [0.2, 0.25) is 0 Å². The van der Waals surface area contributed by atoms with E-state index >= 15 is 0 Å². The number of benzene rings is 3. The molecule has 0 aliphatic rings. The van der Waals surface area contributed by atoms with Gasteiger partial charge < -0.3 is 4.90 Å². The quantitative estimate of drug-likeness (QED) is 0.628. The van der Waals surface area contributed by atoms with Crippen LogP contribution in [0.15, 0.2) is 66.7 Å². The van der Waals surface area contributed by atoms with Gasteiger partial charge in [0.05, 0.1) is 17.1 Å². The van der Waals surface area contributed by atoms with Gasteiger partial charge in [-0.05, 0) is 30.3 Å². The monoisotopic (exact) mass is 298 g/mol. The van der Waals surface area contributed by atoms with Gasteiger partial charge in [-0.25, -0.2) is 13.2 Å². The zero-order chi connectivity index (χ0) is 15.5. The van der Waals surface area contributed by atoms with Crippen LogP contribution in [0.3, 0.4) is 0 Å². The molecule has 0 spiro atoms. The summed E-state index contributed by atoms with van der Waals surface area (Å²) in [6.45, 7) is 0. The molecule has 0 aromatic heterocycles. The molecule has 22 heavy (non-hydrogen) atoms. The highest BCUT2D eigenvalue weighted by atomic mass is 19.1. The highest BCUT2D eigenvalue weighted by molar-refractivity contribution is 5.77. The van der Waals surface area contributed by atoms with Crippen molar-refractivity contribution in [3.63, 3.8) is 0 Å². The first-order valence-corrected chi connectivity index (χ1v) is 6.64. The number of hydrogen-bond acceptors (Lipinski definition) is 1. The largest absolute Gasteiger partial charge is 0.302 e. The fourth-order valence-corrected chi connectivity index (χ4v) is 2.24. The van der Waals surface area contributed by atoms with E-state index in [1.165, 1.54) is 53.4 Å². The molecule has 1 nitrogen and oxygen atoms in total. The Hall–Kier alpha value is -2.75. The lowest BCUT2D eigenvalue weighted by atomic mass is 10.1. The lowest BCUT2D eigenvalue weighted by molar-refractivity contribution is 0.610. The van der Waals surface area contributed by atoms with E-state index in [0.29, 0.717) is 0 Å². The Kier molecular flexibility index (Phi) is 3.83. The summed E-state index contributed by atoms with van der Waals surface area (Å²) >= 11 is 0. The van der Waals surface area contributed by atoms with Gasteiger partial charge in [0.25, 0.3) is 0 Å². The van der Waals surface area contributed by atoms with Gasteiger partial charge in [-0.3, -0.25) is 0 Å². The van der Waals surface area contributed by atoms with Crippen LogP contribution in [0, 0.1) is 23.5 Å². The summed E-state index contributed by atoms with van der Waals surface area (Å²) in [5.41, 5.74) is 0.148. The Morgan fingerprint density at radius 1 is 0.636 bits per heavy atom. The number of para-hydroxylation sites is 2. The molecule has 0 heterocycles.